The van der Waals surface area contributed by atoms with Crippen LogP contribution in [0.3, 0.4) is 0 Å². The van der Waals surface area contributed by atoms with Gasteiger partial charge in [-0.05, 0) is 35.4 Å². The van der Waals surface area contributed by atoms with E-state index in [1.807, 2.05) is 24.3 Å². The van der Waals surface area contributed by atoms with Crippen molar-refractivity contribution in [1.29, 1.82) is 0 Å². The van der Waals surface area contributed by atoms with Gasteiger partial charge in [-0.25, -0.2) is 0 Å². The Kier molecular flexibility index (Phi) is 9.11. The minimum atomic E-state index is 0. The zero-order chi connectivity index (χ0) is 9.97. The SMILES string of the molecule is Oc1ccc(-c2ccc(O)cc2)cc1.[H-].[H-].[K+].[K+]. The molecule has 0 amide bonds. The summed E-state index contributed by atoms with van der Waals surface area (Å²) >= 11 is 0. The van der Waals surface area contributed by atoms with Crippen LogP contribution in [0, 0.1) is 0 Å². The molecule has 4 heteroatoms. The van der Waals surface area contributed by atoms with Gasteiger partial charge in [0.25, 0.3) is 0 Å². The van der Waals surface area contributed by atoms with Crippen molar-refractivity contribution in [2.24, 2.45) is 0 Å². The van der Waals surface area contributed by atoms with Gasteiger partial charge < -0.3 is 13.1 Å². The summed E-state index contributed by atoms with van der Waals surface area (Å²) in [5.41, 5.74) is 2.03. The summed E-state index contributed by atoms with van der Waals surface area (Å²) in [6.45, 7) is 0. The van der Waals surface area contributed by atoms with Crippen LogP contribution in [-0.4, -0.2) is 10.2 Å². The minimum Gasteiger partial charge on any atom is -1.00 e. The number of aromatic hydroxyl groups is 2. The summed E-state index contributed by atoms with van der Waals surface area (Å²) < 4.78 is 0. The third-order valence-corrected chi connectivity index (χ3v) is 2.07. The van der Waals surface area contributed by atoms with E-state index in [4.69, 9.17) is 10.2 Å². The van der Waals surface area contributed by atoms with Crippen LogP contribution in [0.2, 0.25) is 0 Å². The molecule has 2 rings (SSSR count). The van der Waals surface area contributed by atoms with Crippen molar-refractivity contribution in [2.45, 2.75) is 0 Å². The molecule has 0 saturated heterocycles. The van der Waals surface area contributed by atoms with Gasteiger partial charge in [0.1, 0.15) is 11.5 Å². The summed E-state index contributed by atoms with van der Waals surface area (Å²) in [6, 6.07) is 13.9. The summed E-state index contributed by atoms with van der Waals surface area (Å²) in [5.74, 6) is 0.514. The largest absolute Gasteiger partial charge is 1.00 e. The van der Waals surface area contributed by atoms with Gasteiger partial charge in [0.2, 0.25) is 0 Å². The molecule has 0 saturated carbocycles. The predicted octanol–water partition coefficient (Wildman–Crippen LogP) is -3.00. The van der Waals surface area contributed by atoms with Gasteiger partial charge in [0, 0.05) is 0 Å². The molecule has 0 fully saturated rings. The van der Waals surface area contributed by atoms with E-state index >= 15 is 0 Å². The molecule has 2 N–H and O–H groups in total. The molecule has 0 unspecified atom stereocenters. The van der Waals surface area contributed by atoms with Crippen LogP contribution >= 0.6 is 0 Å². The van der Waals surface area contributed by atoms with Gasteiger partial charge in [0.05, 0.1) is 0 Å². The zero-order valence-electron chi connectivity index (χ0n) is 11.5. The third kappa shape index (κ3) is 4.90. The molecule has 0 radical (unpaired) electrons. The smallest absolute Gasteiger partial charge is 1.00 e. The number of phenols is 2. The molecule has 0 bridgehead atoms. The molecule has 2 nitrogen and oxygen atoms in total. The second-order valence-corrected chi connectivity index (χ2v) is 3.09. The Labute approximate surface area is 183 Å². The Morgan fingerprint density at radius 1 is 0.562 bits per heavy atom. The molecule has 0 atom stereocenters. The topological polar surface area (TPSA) is 40.5 Å². The molecule has 0 aliphatic carbocycles. The molecule has 74 valence electrons. The van der Waals surface area contributed by atoms with E-state index in [1.54, 1.807) is 24.3 Å². The quantitative estimate of drug-likeness (QED) is 0.540. The molecule has 16 heavy (non-hydrogen) atoms. The zero-order valence-corrected chi connectivity index (χ0v) is 15.8. The number of phenolic OH excluding ortho intramolecular Hbond substituents is 2. The molecular formula is C12H12K2O2. The van der Waals surface area contributed by atoms with Gasteiger partial charge in [-0.15, -0.1) is 0 Å². The Morgan fingerprint density at radius 3 is 1.06 bits per heavy atom. The molecule has 0 aliphatic heterocycles. The van der Waals surface area contributed by atoms with Crippen molar-refractivity contribution >= 4 is 0 Å². The maximum Gasteiger partial charge on any atom is 1.00 e. The van der Waals surface area contributed by atoms with Crippen molar-refractivity contribution < 1.29 is 116 Å². The minimum absolute atomic E-state index is 0. The fourth-order valence-electron chi connectivity index (χ4n) is 1.31. The first kappa shape index (κ1) is 17.3. The van der Waals surface area contributed by atoms with E-state index < -0.39 is 0 Å². The van der Waals surface area contributed by atoms with Crippen LogP contribution in [0.25, 0.3) is 11.1 Å². The maximum atomic E-state index is 9.11. The van der Waals surface area contributed by atoms with Crippen LogP contribution in [0.15, 0.2) is 48.5 Å². The number of hydrogen-bond donors (Lipinski definition) is 2. The normalized spacial score (nSPS) is 8.75. The van der Waals surface area contributed by atoms with Crippen LogP contribution < -0.4 is 103 Å². The van der Waals surface area contributed by atoms with Gasteiger partial charge in [-0.3, -0.25) is 0 Å². The van der Waals surface area contributed by atoms with Gasteiger partial charge in [0.15, 0.2) is 0 Å². The Bertz CT molecular complexity index is 389. The Balaban J connectivity index is -0.000000562. The summed E-state index contributed by atoms with van der Waals surface area (Å²) in [5, 5.41) is 18.2. The van der Waals surface area contributed by atoms with Crippen molar-refractivity contribution in [2.75, 3.05) is 0 Å². The number of rotatable bonds is 1. The molecule has 0 heterocycles. The van der Waals surface area contributed by atoms with E-state index in [9.17, 15) is 0 Å². The maximum absolute atomic E-state index is 9.11. The molecule has 2 aromatic rings. The second-order valence-electron chi connectivity index (χ2n) is 3.09. The van der Waals surface area contributed by atoms with Crippen molar-refractivity contribution in [3.63, 3.8) is 0 Å². The number of benzene rings is 2. The first-order valence-corrected chi connectivity index (χ1v) is 4.34. The third-order valence-electron chi connectivity index (χ3n) is 2.07. The molecule has 0 aromatic heterocycles. The van der Waals surface area contributed by atoms with Crippen LogP contribution in [0.5, 0.6) is 11.5 Å². The van der Waals surface area contributed by atoms with Crippen molar-refractivity contribution in [3.8, 4) is 22.6 Å². The average Bonchev–Trinajstić information content (AvgIpc) is 2.21. The van der Waals surface area contributed by atoms with Gasteiger partial charge in [-0.1, -0.05) is 24.3 Å². The van der Waals surface area contributed by atoms with E-state index in [2.05, 4.69) is 0 Å². The Morgan fingerprint density at radius 2 is 0.812 bits per heavy atom. The summed E-state index contributed by atoms with van der Waals surface area (Å²) in [4.78, 5) is 0. The molecular weight excluding hydrogens is 254 g/mol. The van der Waals surface area contributed by atoms with Gasteiger partial charge in [-0.2, -0.15) is 0 Å². The van der Waals surface area contributed by atoms with E-state index in [1.165, 1.54) is 0 Å². The first-order valence-electron chi connectivity index (χ1n) is 4.34. The molecule has 0 spiro atoms. The van der Waals surface area contributed by atoms with Crippen LogP contribution in [0.4, 0.5) is 0 Å². The summed E-state index contributed by atoms with van der Waals surface area (Å²) in [7, 11) is 0. The standard InChI is InChI=1S/C12H10O2.2K.2H/c13-11-5-1-9(2-6-11)10-3-7-12(14)8-4-10;;;;/h1-8,13-14H;;;;/q;2*+1;2*-1. The van der Waals surface area contributed by atoms with Crippen molar-refractivity contribution in [3.05, 3.63) is 48.5 Å². The van der Waals surface area contributed by atoms with E-state index in [0.29, 0.717) is 0 Å². The molecule has 0 aliphatic rings. The van der Waals surface area contributed by atoms with Crippen LogP contribution in [0.1, 0.15) is 2.85 Å². The van der Waals surface area contributed by atoms with Crippen LogP contribution in [-0.2, 0) is 0 Å². The van der Waals surface area contributed by atoms with E-state index in [0.717, 1.165) is 11.1 Å². The average molecular weight is 266 g/mol. The predicted molar refractivity (Wildman–Crippen MR) is 57.4 cm³/mol. The molecule has 2 aromatic carbocycles. The monoisotopic (exact) mass is 266 g/mol. The fraction of sp³-hybridized carbons (Fsp3) is 0. The second kappa shape index (κ2) is 8.42. The number of hydrogen-bond acceptors (Lipinski definition) is 2. The fourth-order valence-corrected chi connectivity index (χ4v) is 1.31. The summed E-state index contributed by atoms with van der Waals surface area (Å²) in [6.07, 6.45) is 0. The Hall–Kier alpha value is 1.31. The van der Waals surface area contributed by atoms with Gasteiger partial charge >= 0.3 is 103 Å². The first-order chi connectivity index (χ1) is 6.75. The van der Waals surface area contributed by atoms with Crippen molar-refractivity contribution in [1.82, 2.24) is 0 Å². The van der Waals surface area contributed by atoms with E-state index in [-0.39, 0.29) is 117 Å².